The van der Waals surface area contributed by atoms with Crippen molar-refractivity contribution in [2.75, 3.05) is 29.4 Å². The van der Waals surface area contributed by atoms with E-state index in [0.717, 1.165) is 29.2 Å². The van der Waals surface area contributed by atoms with Crippen LogP contribution in [0.5, 0.6) is 11.5 Å². The summed E-state index contributed by atoms with van der Waals surface area (Å²) in [6, 6.07) is 6.71. The Morgan fingerprint density at radius 2 is 1.97 bits per heavy atom. The van der Waals surface area contributed by atoms with E-state index < -0.39 is 58.5 Å². The van der Waals surface area contributed by atoms with Crippen molar-refractivity contribution in [2.24, 2.45) is 0 Å². The minimum atomic E-state index is -4.66. The summed E-state index contributed by atoms with van der Waals surface area (Å²) in [5, 5.41) is 9.05. The number of aliphatic carboxylic acids is 1. The number of hydrogen-bond donors (Lipinski definition) is 2. The van der Waals surface area contributed by atoms with Gasteiger partial charge in [0.2, 0.25) is 0 Å². The van der Waals surface area contributed by atoms with Crippen LogP contribution in [0.3, 0.4) is 0 Å². The largest absolute Gasteiger partial charge is 0.482 e. The molecule has 14 heteroatoms. The molecule has 1 aliphatic heterocycles. The molecular formula is C18H14ClF3N2O7S. The monoisotopic (exact) mass is 494 g/mol. The number of amides is 1. The van der Waals surface area contributed by atoms with Crippen LogP contribution in [0.2, 0.25) is 5.02 Å². The molecule has 0 atom stereocenters. The molecular weight excluding hydrogens is 481 g/mol. The molecule has 0 saturated carbocycles. The second-order valence-corrected chi connectivity index (χ2v) is 8.56. The molecule has 2 aromatic carbocycles. The number of carboxylic acid groups (broad SMARTS) is 1. The molecule has 1 heterocycles. The number of sulfonamides is 1. The molecule has 0 saturated heterocycles. The number of nitrogens with zero attached hydrogens (tertiary/aromatic N) is 1. The van der Waals surface area contributed by atoms with E-state index in [9.17, 15) is 31.2 Å². The molecule has 172 valence electrons. The van der Waals surface area contributed by atoms with Gasteiger partial charge in [0.1, 0.15) is 18.0 Å². The van der Waals surface area contributed by atoms with Crippen LogP contribution in [-0.2, 0) is 19.6 Å². The van der Waals surface area contributed by atoms with E-state index >= 15 is 0 Å². The first-order valence-corrected chi connectivity index (χ1v) is 10.5. The smallest absolute Gasteiger partial charge is 0.422 e. The molecule has 1 aliphatic rings. The van der Waals surface area contributed by atoms with Crippen LogP contribution >= 0.6 is 11.6 Å². The molecule has 0 spiro atoms. The van der Waals surface area contributed by atoms with E-state index in [1.54, 1.807) is 0 Å². The first kappa shape index (κ1) is 23.5. The Balaban J connectivity index is 1.95. The van der Waals surface area contributed by atoms with E-state index in [-0.39, 0.29) is 22.1 Å². The average Bonchev–Trinajstić information content (AvgIpc) is 2.68. The van der Waals surface area contributed by atoms with Gasteiger partial charge in [0.05, 0.1) is 16.3 Å². The second-order valence-electron chi connectivity index (χ2n) is 6.44. The number of nitrogens with one attached hydrogen (secondary N) is 1. The second kappa shape index (κ2) is 8.74. The lowest BCUT2D eigenvalue weighted by atomic mass is 10.2. The van der Waals surface area contributed by atoms with Crippen molar-refractivity contribution in [1.29, 1.82) is 0 Å². The van der Waals surface area contributed by atoms with Gasteiger partial charge in [0.25, 0.3) is 15.9 Å². The standard InChI is InChI=1S/C18H14ClF3N2O7S/c19-10-1-3-14(31-9-18(20,21)22)12(5-10)23-32(28,29)11-2-4-15-13(6-11)24(7-17(26)27)16(25)8-30-15/h1-6,23H,7-9H2,(H,26,27). The number of halogens is 4. The maximum atomic E-state index is 12.9. The number of carbonyl (C=O) groups excluding carboxylic acids is 1. The molecule has 0 unspecified atom stereocenters. The maximum absolute atomic E-state index is 12.9. The Kier molecular flexibility index (Phi) is 6.41. The molecule has 0 fully saturated rings. The minimum Gasteiger partial charge on any atom is -0.482 e. The van der Waals surface area contributed by atoms with E-state index in [4.69, 9.17) is 21.4 Å². The van der Waals surface area contributed by atoms with Gasteiger partial charge in [-0.3, -0.25) is 19.2 Å². The van der Waals surface area contributed by atoms with Crippen molar-refractivity contribution in [1.82, 2.24) is 0 Å². The highest BCUT2D eigenvalue weighted by Gasteiger charge is 2.31. The Hall–Kier alpha value is -3.19. The lowest BCUT2D eigenvalue weighted by molar-refractivity contribution is -0.153. The van der Waals surface area contributed by atoms with E-state index in [1.165, 1.54) is 12.1 Å². The fraction of sp³-hybridized carbons (Fsp3) is 0.222. The molecule has 9 nitrogen and oxygen atoms in total. The van der Waals surface area contributed by atoms with E-state index in [0.29, 0.717) is 0 Å². The van der Waals surface area contributed by atoms with Gasteiger partial charge in [-0.05, 0) is 36.4 Å². The van der Waals surface area contributed by atoms with E-state index in [1.807, 2.05) is 0 Å². The predicted octanol–water partition coefficient (Wildman–Crippen LogP) is 2.89. The average molecular weight is 495 g/mol. The summed E-state index contributed by atoms with van der Waals surface area (Å²) in [6.45, 7) is -2.81. The summed E-state index contributed by atoms with van der Waals surface area (Å²) >= 11 is 5.83. The predicted molar refractivity (Wildman–Crippen MR) is 106 cm³/mol. The van der Waals surface area contributed by atoms with Crippen LogP contribution in [0.1, 0.15) is 0 Å². The number of carbonyl (C=O) groups is 2. The van der Waals surface area contributed by atoms with Gasteiger partial charge in [-0.15, -0.1) is 0 Å². The van der Waals surface area contributed by atoms with Crippen LogP contribution in [-0.4, -0.2) is 51.3 Å². The zero-order chi connectivity index (χ0) is 23.7. The fourth-order valence-corrected chi connectivity index (χ4v) is 3.98. The molecule has 0 aliphatic carbocycles. The van der Waals surface area contributed by atoms with Crippen molar-refractivity contribution in [3.05, 3.63) is 41.4 Å². The Morgan fingerprint density at radius 1 is 1.25 bits per heavy atom. The molecule has 32 heavy (non-hydrogen) atoms. The van der Waals surface area contributed by atoms with Gasteiger partial charge in [-0.25, -0.2) is 8.42 Å². The van der Waals surface area contributed by atoms with Crippen molar-refractivity contribution < 1.29 is 45.8 Å². The summed E-state index contributed by atoms with van der Waals surface area (Å²) in [5.74, 6) is -2.36. The van der Waals surface area contributed by atoms with Crippen molar-refractivity contribution in [2.45, 2.75) is 11.1 Å². The van der Waals surface area contributed by atoms with Crippen molar-refractivity contribution >= 4 is 44.9 Å². The fourth-order valence-electron chi connectivity index (χ4n) is 2.73. The van der Waals surface area contributed by atoms with Crippen LogP contribution < -0.4 is 19.1 Å². The van der Waals surface area contributed by atoms with Crippen LogP contribution in [0.15, 0.2) is 41.3 Å². The molecule has 1 amide bonds. The van der Waals surface area contributed by atoms with Crippen molar-refractivity contribution in [3.63, 3.8) is 0 Å². The third kappa shape index (κ3) is 5.53. The van der Waals surface area contributed by atoms with Gasteiger partial charge in [0.15, 0.2) is 13.2 Å². The molecule has 3 rings (SSSR count). The van der Waals surface area contributed by atoms with Gasteiger partial charge in [0, 0.05) is 5.02 Å². The summed E-state index contributed by atoms with van der Waals surface area (Å²) in [6.07, 6.45) is -4.66. The topological polar surface area (TPSA) is 122 Å². The van der Waals surface area contributed by atoms with Gasteiger partial charge < -0.3 is 14.6 Å². The Bertz CT molecular complexity index is 1170. The molecule has 0 radical (unpaired) electrons. The van der Waals surface area contributed by atoms with Gasteiger partial charge in [-0.1, -0.05) is 11.6 Å². The highest BCUT2D eigenvalue weighted by molar-refractivity contribution is 7.92. The summed E-state index contributed by atoms with van der Waals surface area (Å²) in [4.78, 5) is 23.5. The van der Waals surface area contributed by atoms with Crippen LogP contribution in [0, 0.1) is 0 Å². The van der Waals surface area contributed by atoms with Crippen molar-refractivity contribution in [3.8, 4) is 11.5 Å². The Morgan fingerprint density at radius 3 is 2.62 bits per heavy atom. The Labute approximate surface area is 184 Å². The number of fused-ring (bicyclic) bond motifs is 1. The number of alkyl halides is 3. The van der Waals surface area contributed by atoms with Gasteiger partial charge in [-0.2, -0.15) is 13.2 Å². The lowest BCUT2D eigenvalue weighted by Crippen LogP contribution is -2.42. The SMILES string of the molecule is O=C(O)CN1C(=O)COc2ccc(S(=O)(=O)Nc3cc(Cl)ccc3OCC(F)(F)F)cc21. The first-order valence-electron chi connectivity index (χ1n) is 8.67. The normalized spacial score (nSPS) is 13.9. The number of benzene rings is 2. The van der Waals surface area contributed by atoms with E-state index in [2.05, 4.69) is 9.46 Å². The summed E-state index contributed by atoms with van der Waals surface area (Å²) < 4.78 is 75.2. The van der Waals surface area contributed by atoms with Gasteiger partial charge >= 0.3 is 12.1 Å². The summed E-state index contributed by atoms with van der Waals surface area (Å²) in [5.41, 5.74) is -0.444. The quantitative estimate of drug-likeness (QED) is 0.607. The zero-order valence-corrected chi connectivity index (χ0v) is 17.4. The first-order chi connectivity index (χ1) is 14.9. The number of hydrogen-bond acceptors (Lipinski definition) is 6. The number of anilines is 2. The molecule has 2 N–H and O–H groups in total. The highest BCUT2D eigenvalue weighted by Crippen LogP contribution is 2.36. The highest BCUT2D eigenvalue weighted by atomic mass is 35.5. The van der Waals surface area contributed by atoms with Crippen LogP contribution in [0.4, 0.5) is 24.5 Å². The third-order valence-electron chi connectivity index (χ3n) is 4.05. The lowest BCUT2D eigenvalue weighted by Gasteiger charge is -2.28. The maximum Gasteiger partial charge on any atom is 0.422 e. The molecule has 0 aromatic heterocycles. The molecule has 0 bridgehead atoms. The zero-order valence-electron chi connectivity index (χ0n) is 15.8. The van der Waals surface area contributed by atoms with Crippen LogP contribution in [0.25, 0.3) is 0 Å². The number of rotatable bonds is 7. The molecule has 2 aromatic rings. The third-order valence-corrected chi connectivity index (χ3v) is 5.65. The summed E-state index contributed by atoms with van der Waals surface area (Å²) in [7, 11) is -4.42. The minimum absolute atomic E-state index is 0.0270. The number of ether oxygens (including phenoxy) is 2. The number of carboxylic acids is 1.